The van der Waals surface area contributed by atoms with Gasteiger partial charge in [-0.3, -0.25) is 9.69 Å². The zero-order chi connectivity index (χ0) is 16.9. The molecule has 1 atom stereocenters. The van der Waals surface area contributed by atoms with Gasteiger partial charge in [0.1, 0.15) is 5.72 Å². The van der Waals surface area contributed by atoms with E-state index < -0.39 is 10.2 Å². The van der Waals surface area contributed by atoms with E-state index in [1.165, 1.54) is 19.3 Å². The Morgan fingerprint density at radius 1 is 1.13 bits per heavy atom. The quantitative estimate of drug-likeness (QED) is 0.551. The molecule has 1 spiro atoms. The summed E-state index contributed by atoms with van der Waals surface area (Å²) >= 11 is 13.2. The highest BCUT2D eigenvalue weighted by molar-refractivity contribution is 6.48. The third-order valence-corrected chi connectivity index (χ3v) is 6.60. The van der Waals surface area contributed by atoms with Crippen LogP contribution in [0.1, 0.15) is 65.7 Å². The number of amides is 1. The van der Waals surface area contributed by atoms with Crippen LogP contribution < -0.4 is 0 Å². The summed E-state index contributed by atoms with van der Waals surface area (Å²) < 4.78 is 4.93. The molecule has 1 amide bonds. The van der Waals surface area contributed by atoms with Crippen LogP contribution in [0.5, 0.6) is 0 Å². The molecule has 1 unspecified atom stereocenters. The van der Waals surface area contributed by atoms with E-state index in [1.807, 2.05) is 25.7 Å². The van der Waals surface area contributed by atoms with Gasteiger partial charge in [-0.1, -0.05) is 42.5 Å². The van der Waals surface area contributed by atoms with Crippen LogP contribution >= 0.6 is 23.2 Å². The highest BCUT2D eigenvalue weighted by Gasteiger charge is 2.54. The maximum absolute atomic E-state index is 13.0. The fourth-order valence-corrected chi connectivity index (χ4v) is 5.37. The number of carbonyl (C=O) groups is 1. The first kappa shape index (κ1) is 17.8. The van der Waals surface area contributed by atoms with Gasteiger partial charge in [0.25, 0.3) is 0 Å². The van der Waals surface area contributed by atoms with E-state index in [-0.39, 0.29) is 24.1 Å². The Balaban J connectivity index is 1.77. The molecule has 0 bridgehead atoms. The lowest BCUT2D eigenvalue weighted by Gasteiger charge is -2.45. The molecular formula is C17H28Cl2N2O2. The molecule has 132 valence electrons. The molecule has 2 saturated heterocycles. The molecule has 3 aliphatic rings. The van der Waals surface area contributed by atoms with Gasteiger partial charge in [0, 0.05) is 12.1 Å². The molecule has 2 heterocycles. The van der Waals surface area contributed by atoms with Crippen molar-refractivity contribution in [1.29, 1.82) is 0 Å². The van der Waals surface area contributed by atoms with E-state index in [1.54, 1.807) is 0 Å². The van der Waals surface area contributed by atoms with Crippen LogP contribution in [0.15, 0.2) is 0 Å². The average molecular weight is 363 g/mol. The zero-order valence-electron chi connectivity index (χ0n) is 14.4. The topological polar surface area (TPSA) is 32.8 Å². The Bertz CT molecular complexity index is 475. The van der Waals surface area contributed by atoms with Crippen molar-refractivity contribution in [2.45, 2.75) is 87.5 Å². The predicted octanol–water partition coefficient (Wildman–Crippen LogP) is 3.90. The molecule has 23 heavy (non-hydrogen) atoms. The normalized spacial score (nSPS) is 32.6. The van der Waals surface area contributed by atoms with Crippen molar-refractivity contribution in [2.75, 3.05) is 13.1 Å². The van der Waals surface area contributed by atoms with E-state index in [2.05, 4.69) is 4.90 Å². The number of halogens is 2. The number of likely N-dealkylation sites (tertiary alicyclic amines) is 1. The van der Waals surface area contributed by atoms with E-state index in [4.69, 9.17) is 27.9 Å². The van der Waals surface area contributed by atoms with Gasteiger partial charge in [-0.15, -0.1) is 0 Å². The first-order valence-electron chi connectivity index (χ1n) is 8.80. The maximum Gasteiger partial charge on any atom is 0.239 e. The largest absolute Gasteiger partial charge is 0.351 e. The van der Waals surface area contributed by atoms with Gasteiger partial charge < -0.3 is 9.64 Å². The van der Waals surface area contributed by atoms with Gasteiger partial charge in [-0.05, 0) is 46.5 Å². The van der Waals surface area contributed by atoms with Crippen LogP contribution in [0.4, 0.5) is 0 Å². The predicted molar refractivity (Wildman–Crippen MR) is 92.5 cm³/mol. The Labute approximate surface area is 149 Å². The molecule has 1 saturated carbocycles. The zero-order valence-corrected chi connectivity index (χ0v) is 15.9. The molecule has 0 aromatic carbocycles. The third kappa shape index (κ3) is 3.24. The van der Waals surface area contributed by atoms with E-state index in [0.29, 0.717) is 6.54 Å². The average Bonchev–Trinajstić information content (AvgIpc) is 2.87. The standard InChI is InChI=1S/C17H28Cl2N2O2/c1-13-11-20(15(2,3)23-13)14(22)12-21-16(7-5-4-6-8-16)9-10-17(21,18)19/h13H,4-12H2,1-3H3. The number of rotatable bonds is 2. The molecule has 0 aromatic rings. The summed E-state index contributed by atoms with van der Waals surface area (Å²) in [6, 6.07) is 0. The molecular weight excluding hydrogens is 335 g/mol. The molecule has 0 N–H and O–H groups in total. The van der Waals surface area contributed by atoms with E-state index >= 15 is 0 Å². The molecule has 0 radical (unpaired) electrons. The number of hydrogen-bond acceptors (Lipinski definition) is 3. The van der Waals surface area contributed by atoms with Crippen LogP contribution in [0.25, 0.3) is 0 Å². The maximum atomic E-state index is 13.0. The van der Waals surface area contributed by atoms with Crippen LogP contribution in [0, 0.1) is 0 Å². The van der Waals surface area contributed by atoms with Crippen molar-refractivity contribution < 1.29 is 9.53 Å². The van der Waals surface area contributed by atoms with Gasteiger partial charge in [-0.25, -0.2) is 0 Å². The van der Waals surface area contributed by atoms with Gasteiger partial charge in [0.2, 0.25) is 5.91 Å². The Kier molecular flexibility index (Phi) is 4.68. The van der Waals surface area contributed by atoms with Crippen molar-refractivity contribution in [1.82, 2.24) is 9.80 Å². The molecule has 6 heteroatoms. The summed E-state index contributed by atoms with van der Waals surface area (Å²) in [5.41, 5.74) is -0.551. The SMILES string of the molecule is CC1CN(C(=O)CN2C(Cl)(Cl)CCC23CCCCC3)C(C)(C)O1. The van der Waals surface area contributed by atoms with Gasteiger partial charge in [0.05, 0.1) is 12.6 Å². The number of hydrogen-bond donors (Lipinski definition) is 0. The lowest BCUT2D eigenvalue weighted by atomic mass is 9.80. The number of alkyl halides is 2. The molecule has 0 aromatic heterocycles. The van der Waals surface area contributed by atoms with Crippen molar-refractivity contribution in [3.05, 3.63) is 0 Å². The Morgan fingerprint density at radius 3 is 2.35 bits per heavy atom. The van der Waals surface area contributed by atoms with Crippen LogP contribution in [-0.4, -0.2) is 50.6 Å². The summed E-state index contributed by atoms with van der Waals surface area (Å²) in [6.07, 6.45) is 7.64. The van der Waals surface area contributed by atoms with Crippen molar-refractivity contribution >= 4 is 29.1 Å². The van der Waals surface area contributed by atoms with Gasteiger partial charge >= 0.3 is 0 Å². The minimum Gasteiger partial charge on any atom is -0.351 e. The summed E-state index contributed by atoms with van der Waals surface area (Å²) in [7, 11) is 0. The van der Waals surface area contributed by atoms with E-state index in [0.717, 1.165) is 25.7 Å². The third-order valence-electron chi connectivity index (χ3n) is 5.82. The molecule has 2 aliphatic heterocycles. The fourth-order valence-electron chi connectivity index (χ4n) is 4.71. The highest BCUT2D eigenvalue weighted by Crippen LogP contribution is 2.52. The molecule has 3 fully saturated rings. The van der Waals surface area contributed by atoms with Crippen LogP contribution in [0.2, 0.25) is 0 Å². The minimum atomic E-state index is -0.927. The van der Waals surface area contributed by atoms with Gasteiger partial charge in [-0.2, -0.15) is 0 Å². The van der Waals surface area contributed by atoms with E-state index in [9.17, 15) is 4.79 Å². The van der Waals surface area contributed by atoms with Crippen molar-refractivity contribution in [2.24, 2.45) is 0 Å². The molecule has 4 nitrogen and oxygen atoms in total. The first-order chi connectivity index (χ1) is 10.7. The Hall–Kier alpha value is -0.0300. The van der Waals surface area contributed by atoms with Crippen molar-refractivity contribution in [3.8, 4) is 0 Å². The Morgan fingerprint density at radius 2 is 1.78 bits per heavy atom. The number of nitrogens with zero attached hydrogens (tertiary/aromatic N) is 2. The lowest BCUT2D eigenvalue weighted by molar-refractivity contribution is -0.148. The molecule has 3 rings (SSSR count). The van der Waals surface area contributed by atoms with Crippen LogP contribution in [-0.2, 0) is 9.53 Å². The van der Waals surface area contributed by atoms with Crippen LogP contribution in [0.3, 0.4) is 0 Å². The number of carbonyl (C=O) groups excluding carboxylic acids is 1. The van der Waals surface area contributed by atoms with Gasteiger partial charge in [0.15, 0.2) is 4.46 Å². The first-order valence-corrected chi connectivity index (χ1v) is 9.56. The second-order valence-corrected chi connectivity index (χ2v) is 9.36. The minimum absolute atomic E-state index is 0.00769. The second-order valence-electron chi connectivity index (χ2n) is 7.92. The lowest BCUT2D eigenvalue weighted by Crippen LogP contribution is -2.56. The number of ether oxygens (including phenoxy) is 1. The monoisotopic (exact) mass is 362 g/mol. The molecule has 1 aliphatic carbocycles. The summed E-state index contributed by atoms with van der Waals surface area (Å²) in [4.78, 5) is 16.9. The summed E-state index contributed by atoms with van der Waals surface area (Å²) in [5, 5.41) is 0. The summed E-state index contributed by atoms with van der Waals surface area (Å²) in [6.45, 7) is 6.81. The summed E-state index contributed by atoms with van der Waals surface area (Å²) in [5.74, 6) is 0.0665. The highest BCUT2D eigenvalue weighted by atomic mass is 35.5. The smallest absolute Gasteiger partial charge is 0.239 e. The second kappa shape index (κ2) is 6.05. The van der Waals surface area contributed by atoms with Crippen molar-refractivity contribution in [3.63, 3.8) is 0 Å². The fraction of sp³-hybridized carbons (Fsp3) is 0.941.